The summed E-state index contributed by atoms with van der Waals surface area (Å²) in [5, 5.41) is 20.8. The van der Waals surface area contributed by atoms with Crippen LogP contribution in [-0.4, -0.2) is 30.2 Å². The highest BCUT2D eigenvalue weighted by Crippen LogP contribution is 2.16. The molecule has 3 heterocycles. The van der Waals surface area contributed by atoms with Crippen molar-refractivity contribution >= 4 is 0 Å². The van der Waals surface area contributed by atoms with E-state index < -0.39 is 6.10 Å². The second-order valence-corrected chi connectivity index (χ2v) is 4.01. The Bertz CT molecular complexity index is 655. The molecule has 8 nitrogen and oxygen atoms in total. The molecule has 3 aromatic heterocycles. The van der Waals surface area contributed by atoms with Gasteiger partial charge in [0.15, 0.2) is 5.76 Å². The molecule has 0 aliphatic rings. The second kappa shape index (κ2) is 4.65. The number of nitrogens with zero attached hydrogens (tertiary/aromatic N) is 5. The Morgan fingerprint density at radius 1 is 1.47 bits per heavy atom. The van der Waals surface area contributed by atoms with Crippen LogP contribution in [0.15, 0.2) is 33.5 Å². The Balaban J connectivity index is 1.76. The van der Waals surface area contributed by atoms with Gasteiger partial charge in [0.2, 0.25) is 11.7 Å². The van der Waals surface area contributed by atoms with Crippen molar-refractivity contribution in [3.8, 4) is 11.6 Å². The highest BCUT2D eigenvalue weighted by molar-refractivity contribution is 5.44. The molecule has 1 unspecified atom stereocenters. The lowest BCUT2D eigenvalue weighted by atomic mass is 10.3. The summed E-state index contributed by atoms with van der Waals surface area (Å²) in [4.78, 5) is 4.18. The fraction of sp³-hybridized carbons (Fsp3) is 0.273. The van der Waals surface area contributed by atoms with Crippen molar-refractivity contribution < 1.29 is 14.0 Å². The fourth-order valence-corrected chi connectivity index (χ4v) is 1.55. The summed E-state index contributed by atoms with van der Waals surface area (Å²) in [5.41, 5.74) is 0.491. The van der Waals surface area contributed by atoms with Gasteiger partial charge < -0.3 is 14.0 Å². The van der Waals surface area contributed by atoms with E-state index in [1.807, 2.05) is 0 Å². The van der Waals surface area contributed by atoms with Crippen molar-refractivity contribution in [2.45, 2.75) is 19.6 Å². The summed E-state index contributed by atoms with van der Waals surface area (Å²) in [7, 11) is 0. The molecule has 3 rings (SSSR count). The molecule has 8 heteroatoms. The lowest BCUT2D eigenvalue weighted by molar-refractivity contribution is 0.194. The number of aromatic nitrogens is 5. The number of aliphatic hydroxyl groups is 1. The first-order chi connectivity index (χ1) is 9.22. The van der Waals surface area contributed by atoms with Gasteiger partial charge in [0.25, 0.3) is 0 Å². The standard InChI is InChI=1S/C11H11N5O3/c1-7(17)8-5-16(15-13-8)6-10-12-11(14-19-10)9-3-2-4-18-9/h2-5,7,17H,6H2,1H3. The van der Waals surface area contributed by atoms with Crippen molar-refractivity contribution in [3.05, 3.63) is 36.2 Å². The van der Waals surface area contributed by atoms with Crippen LogP contribution in [0.1, 0.15) is 24.6 Å². The van der Waals surface area contributed by atoms with Crippen LogP contribution in [0.4, 0.5) is 0 Å². The summed E-state index contributed by atoms with van der Waals surface area (Å²) >= 11 is 0. The topological polar surface area (TPSA) is 103 Å². The molecule has 0 aliphatic carbocycles. The maximum absolute atomic E-state index is 9.35. The number of hydrogen-bond acceptors (Lipinski definition) is 7. The van der Waals surface area contributed by atoms with Crippen molar-refractivity contribution in [2.24, 2.45) is 0 Å². The quantitative estimate of drug-likeness (QED) is 0.747. The molecule has 0 aromatic carbocycles. The molecule has 0 fully saturated rings. The molecule has 1 atom stereocenters. The van der Waals surface area contributed by atoms with Gasteiger partial charge in [0.1, 0.15) is 12.2 Å². The zero-order valence-corrected chi connectivity index (χ0v) is 10.1. The van der Waals surface area contributed by atoms with Crippen LogP contribution in [0.3, 0.4) is 0 Å². The Hall–Kier alpha value is -2.48. The van der Waals surface area contributed by atoms with Crippen LogP contribution in [0.5, 0.6) is 0 Å². The average Bonchev–Trinajstić information content (AvgIpc) is 3.09. The molecule has 1 N–H and O–H groups in total. The minimum Gasteiger partial charge on any atom is -0.461 e. The Labute approximate surface area is 107 Å². The summed E-state index contributed by atoms with van der Waals surface area (Å²) in [6, 6.07) is 3.49. The molecule has 0 saturated carbocycles. The Morgan fingerprint density at radius 2 is 2.37 bits per heavy atom. The summed E-state index contributed by atoms with van der Waals surface area (Å²) < 4.78 is 11.8. The first-order valence-electron chi connectivity index (χ1n) is 5.67. The van der Waals surface area contributed by atoms with Gasteiger partial charge in [0, 0.05) is 0 Å². The molecule has 0 amide bonds. The summed E-state index contributed by atoms with van der Waals surface area (Å²) in [6.45, 7) is 1.91. The summed E-state index contributed by atoms with van der Waals surface area (Å²) in [6.07, 6.45) is 2.51. The third kappa shape index (κ3) is 2.38. The van der Waals surface area contributed by atoms with Crippen LogP contribution in [0.25, 0.3) is 11.6 Å². The van der Waals surface area contributed by atoms with Gasteiger partial charge in [-0.2, -0.15) is 4.98 Å². The van der Waals surface area contributed by atoms with E-state index in [0.717, 1.165) is 0 Å². The smallest absolute Gasteiger partial charge is 0.248 e. The molecule has 0 bridgehead atoms. The average molecular weight is 261 g/mol. The molecule has 0 aliphatic heterocycles. The highest BCUT2D eigenvalue weighted by Gasteiger charge is 2.13. The zero-order chi connectivity index (χ0) is 13.2. The van der Waals surface area contributed by atoms with Crippen LogP contribution < -0.4 is 0 Å². The van der Waals surface area contributed by atoms with Crippen LogP contribution in [0, 0.1) is 0 Å². The fourth-order valence-electron chi connectivity index (χ4n) is 1.55. The minimum atomic E-state index is -0.657. The van der Waals surface area contributed by atoms with Gasteiger partial charge >= 0.3 is 0 Å². The maximum Gasteiger partial charge on any atom is 0.248 e. The van der Waals surface area contributed by atoms with Crippen molar-refractivity contribution in [1.82, 2.24) is 25.1 Å². The molecule has 0 spiro atoms. The van der Waals surface area contributed by atoms with E-state index in [1.54, 1.807) is 25.3 Å². The van der Waals surface area contributed by atoms with Crippen molar-refractivity contribution in [1.29, 1.82) is 0 Å². The maximum atomic E-state index is 9.35. The second-order valence-electron chi connectivity index (χ2n) is 4.01. The number of aliphatic hydroxyl groups excluding tert-OH is 1. The van der Waals surface area contributed by atoms with Gasteiger partial charge in [0.05, 0.1) is 18.6 Å². The molecule has 3 aromatic rings. The third-order valence-electron chi connectivity index (χ3n) is 2.49. The molecular formula is C11H11N5O3. The van der Waals surface area contributed by atoms with E-state index in [0.29, 0.717) is 23.2 Å². The molecule has 19 heavy (non-hydrogen) atoms. The number of furan rings is 1. The van der Waals surface area contributed by atoms with Gasteiger partial charge in [-0.1, -0.05) is 10.4 Å². The first-order valence-corrected chi connectivity index (χ1v) is 5.67. The molecule has 98 valence electrons. The van der Waals surface area contributed by atoms with Crippen LogP contribution >= 0.6 is 0 Å². The van der Waals surface area contributed by atoms with E-state index in [-0.39, 0.29) is 6.54 Å². The van der Waals surface area contributed by atoms with Gasteiger partial charge in [-0.15, -0.1) is 5.10 Å². The zero-order valence-electron chi connectivity index (χ0n) is 10.1. The molecule has 0 radical (unpaired) electrons. The van der Waals surface area contributed by atoms with E-state index in [2.05, 4.69) is 20.5 Å². The summed E-state index contributed by atoms with van der Waals surface area (Å²) in [5.74, 6) is 1.31. The van der Waals surface area contributed by atoms with Crippen LogP contribution in [0.2, 0.25) is 0 Å². The first kappa shape index (κ1) is 11.6. The van der Waals surface area contributed by atoms with E-state index in [4.69, 9.17) is 8.94 Å². The predicted octanol–water partition coefficient (Wildman–Crippen LogP) is 1.02. The highest BCUT2D eigenvalue weighted by atomic mass is 16.5. The van der Waals surface area contributed by atoms with Gasteiger partial charge in [-0.3, -0.25) is 0 Å². The normalized spacial score (nSPS) is 12.7. The largest absolute Gasteiger partial charge is 0.461 e. The van der Waals surface area contributed by atoms with Crippen molar-refractivity contribution in [3.63, 3.8) is 0 Å². The predicted molar refractivity (Wildman–Crippen MR) is 61.8 cm³/mol. The SMILES string of the molecule is CC(O)c1cn(Cc2nc(-c3ccco3)no2)nn1. The van der Waals surface area contributed by atoms with E-state index in [9.17, 15) is 5.11 Å². The van der Waals surface area contributed by atoms with Crippen LogP contribution in [-0.2, 0) is 6.54 Å². The number of rotatable bonds is 4. The lowest BCUT2D eigenvalue weighted by Gasteiger charge is -1.95. The third-order valence-corrected chi connectivity index (χ3v) is 2.49. The molecule has 0 saturated heterocycles. The van der Waals surface area contributed by atoms with Gasteiger partial charge in [-0.25, -0.2) is 4.68 Å². The Morgan fingerprint density at radius 3 is 3.05 bits per heavy atom. The number of hydrogen-bond donors (Lipinski definition) is 1. The molecular weight excluding hydrogens is 250 g/mol. The lowest BCUT2D eigenvalue weighted by Crippen LogP contribution is -2.00. The Kier molecular flexibility index (Phi) is 2.84. The van der Waals surface area contributed by atoms with Gasteiger partial charge in [-0.05, 0) is 19.1 Å². The van der Waals surface area contributed by atoms with Crippen molar-refractivity contribution in [2.75, 3.05) is 0 Å². The van der Waals surface area contributed by atoms with E-state index >= 15 is 0 Å². The van der Waals surface area contributed by atoms with E-state index in [1.165, 1.54) is 10.9 Å². The minimum absolute atomic E-state index is 0.285. The monoisotopic (exact) mass is 261 g/mol.